The Morgan fingerprint density at radius 1 is 1.18 bits per heavy atom. The Morgan fingerprint density at radius 2 is 1.89 bits per heavy atom. The van der Waals surface area contributed by atoms with Crippen molar-refractivity contribution in [2.45, 2.75) is 37.1 Å². The molecule has 1 atom stereocenters. The van der Waals surface area contributed by atoms with Gasteiger partial charge in [-0.2, -0.15) is 4.31 Å². The third-order valence-corrected chi connectivity index (χ3v) is 7.14. The van der Waals surface area contributed by atoms with Gasteiger partial charge in [0, 0.05) is 28.9 Å². The van der Waals surface area contributed by atoms with E-state index in [1.807, 2.05) is 6.92 Å². The highest BCUT2D eigenvalue weighted by molar-refractivity contribution is 7.89. The molecule has 1 aliphatic rings. The molecule has 28 heavy (non-hydrogen) atoms. The fourth-order valence-electron chi connectivity index (χ4n) is 3.31. The van der Waals surface area contributed by atoms with E-state index in [2.05, 4.69) is 5.32 Å². The average Bonchev–Trinajstić information content (AvgIpc) is 2.69. The van der Waals surface area contributed by atoms with Crippen molar-refractivity contribution in [2.75, 3.05) is 19.0 Å². The Bertz CT molecular complexity index is 961. The number of amides is 1. The molecule has 0 saturated carbocycles. The van der Waals surface area contributed by atoms with Gasteiger partial charge in [0.1, 0.15) is 10.6 Å². The summed E-state index contributed by atoms with van der Waals surface area (Å²) in [6.07, 6.45) is 2.65. The molecular weight excluding hydrogens is 400 g/mol. The molecule has 3 rings (SSSR count). The van der Waals surface area contributed by atoms with Crippen molar-refractivity contribution in [3.8, 4) is 5.75 Å². The van der Waals surface area contributed by atoms with Crippen LogP contribution in [0.3, 0.4) is 0 Å². The molecular formula is C20H23ClN2O4S. The van der Waals surface area contributed by atoms with E-state index in [0.29, 0.717) is 17.3 Å². The summed E-state index contributed by atoms with van der Waals surface area (Å²) in [5.41, 5.74) is 0.804. The number of anilines is 1. The number of hydrogen-bond donors (Lipinski definition) is 1. The second-order valence-corrected chi connectivity index (χ2v) is 9.08. The molecule has 2 aromatic carbocycles. The van der Waals surface area contributed by atoms with Crippen LogP contribution in [0.2, 0.25) is 5.02 Å². The van der Waals surface area contributed by atoms with Gasteiger partial charge in [0.15, 0.2) is 0 Å². The van der Waals surface area contributed by atoms with Crippen LogP contribution >= 0.6 is 11.6 Å². The largest absolute Gasteiger partial charge is 0.495 e. The standard InChI is InChI=1S/C20H23ClN2O4S/c1-14-5-3-4-12-23(14)28(25,26)19-13-15(6-11-18(19)27-2)20(24)22-17-9-7-16(21)8-10-17/h6-11,13-14H,3-5,12H2,1-2H3,(H,22,24)/t14-/m0/s1. The predicted molar refractivity (Wildman–Crippen MR) is 110 cm³/mol. The minimum Gasteiger partial charge on any atom is -0.495 e. The van der Waals surface area contributed by atoms with Crippen LogP contribution in [0.4, 0.5) is 5.69 Å². The highest BCUT2D eigenvalue weighted by atomic mass is 35.5. The minimum atomic E-state index is -3.78. The number of carbonyl (C=O) groups excluding carboxylic acids is 1. The molecule has 0 radical (unpaired) electrons. The SMILES string of the molecule is COc1ccc(C(=O)Nc2ccc(Cl)cc2)cc1S(=O)(=O)N1CCCC[C@@H]1C. The van der Waals surface area contributed by atoms with Crippen LogP contribution in [0.5, 0.6) is 5.75 Å². The van der Waals surface area contributed by atoms with Gasteiger partial charge in [-0.1, -0.05) is 18.0 Å². The third-order valence-electron chi connectivity index (χ3n) is 4.86. The van der Waals surface area contributed by atoms with Crippen molar-refractivity contribution in [3.05, 3.63) is 53.1 Å². The summed E-state index contributed by atoms with van der Waals surface area (Å²) in [6.45, 7) is 2.37. The van der Waals surface area contributed by atoms with Gasteiger partial charge in [-0.3, -0.25) is 4.79 Å². The highest BCUT2D eigenvalue weighted by Crippen LogP contribution is 2.32. The maximum atomic E-state index is 13.2. The number of rotatable bonds is 5. The number of hydrogen-bond acceptors (Lipinski definition) is 4. The van der Waals surface area contributed by atoms with Crippen LogP contribution in [0.25, 0.3) is 0 Å². The van der Waals surface area contributed by atoms with Gasteiger partial charge in [-0.25, -0.2) is 8.42 Å². The number of nitrogens with zero attached hydrogens (tertiary/aromatic N) is 1. The van der Waals surface area contributed by atoms with Crippen molar-refractivity contribution in [1.82, 2.24) is 4.31 Å². The van der Waals surface area contributed by atoms with Gasteiger partial charge in [0.25, 0.3) is 5.91 Å². The third kappa shape index (κ3) is 4.32. The first kappa shape index (κ1) is 20.6. The van der Waals surface area contributed by atoms with Crippen LogP contribution in [-0.4, -0.2) is 38.3 Å². The van der Waals surface area contributed by atoms with Crippen LogP contribution in [0, 0.1) is 0 Å². The van der Waals surface area contributed by atoms with Crippen LogP contribution in [0.15, 0.2) is 47.4 Å². The number of nitrogens with one attached hydrogen (secondary N) is 1. The van der Waals surface area contributed by atoms with Gasteiger partial charge in [-0.05, 0) is 62.2 Å². The number of methoxy groups -OCH3 is 1. The fourth-order valence-corrected chi connectivity index (χ4v) is 5.32. The van der Waals surface area contributed by atoms with Gasteiger partial charge >= 0.3 is 0 Å². The summed E-state index contributed by atoms with van der Waals surface area (Å²) in [6, 6.07) is 11.0. The van der Waals surface area contributed by atoms with E-state index in [1.165, 1.54) is 23.5 Å². The lowest BCUT2D eigenvalue weighted by Gasteiger charge is -2.32. The summed E-state index contributed by atoms with van der Waals surface area (Å²) < 4.78 is 33.3. The van der Waals surface area contributed by atoms with E-state index >= 15 is 0 Å². The molecule has 6 nitrogen and oxygen atoms in total. The molecule has 0 bridgehead atoms. The fraction of sp³-hybridized carbons (Fsp3) is 0.350. The number of benzene rings is 2. The van der Waals surface area contributed by atoms with Crippen LogP contribution < -0.4 is 10.1 Å². The van der Waals surface area contributed by atoms with E-state index < -0.39 is 15.9 Å². The summed E-state index contributed by atoms with van der Waals surface area (Å²) in [7, 11) is -2.36. The Balaban J connectivity index is 1.93. The summed E-state index contributed by atoms with van der Waals surface area (Å²) in [5.74, 6) is -0.186. The van der Waals surface area contributed by atoms with E-state index in [4.69, 9.17) is 16.3 Å². The molecule has 1 N–H and O–H groups in total. The summed E-state index contributed by atoms with van der Waals surface area (Å²) in [5, 5.41) is 3.30. The van der Waals surface area contributed by atoms with Crippen molar-refractivity contribution < 1.29 is 17.9 Å². The molecule has 0 unspecified atom stereocenters. The zero-order valence-electron chi connectivity index (χ0n) is 15.8. The maximum absolute atomic E-state index is 13.2. The minimum absolute atomic E-state index is 0.00695. The molecule has 1 fully saturated rings. The molecule has 1 heterocycles. The Hall–Kier alpha value is -2.09. The van der Waals surface area contributed by atoms with Gasteiger partial charge in [0.05, 0.1) is 7.11 Å². The second kappa shape index (κ2) is 8.51. The highest BCUT2D eigenvalue weighted by Gasteiger charge is 2.33. The smallest absolute Gasteiger partial charge is 0.255 e. The first-order valence-electron chi connectivity index (χ1n) is 9.09. The lowest BCUT2D eigenvalue weighted by molar-refractivity contribution is 0.102. The number of halogens is 1. The maximum Gasteiger partial charge on any atom is 0.255 e. The number of ether oxygens (including phenoxy) is 1. The Labute approximate surface area is 170 Å². The molecule has 150 valence electrons. The van der Waals surface area contributed by atoms with Gasteiger partial charge in [-0.15, -0.1) is 0 Å². The molecule has 1 amide bonds. The number of sulfonamides is 1. The first-order chi connectivity index (χ1) is 13.3. The molecule has 8 heteroatoms. The zero-order chi connectivity index (χ0) is 20.3. The van der Waals surface area contributed by atoms with Gasteiger partial charge < -0.3 is 10.1 Å². The lowest BCUT2D eigenvalue weighted by atomic mass is 10.1. The first-order valence-corrected chi connectivity index (χ1v) is 10.9. The summed E-state index contributed by atoms with van der Waals surface area (Å²) >= 11 is 5.86. The van der Waals surface area contributed by atoms with Gasteiger partial charge in [0.2, 0.25) is 10.0 Å². The summed E-state index contributed by atoms with van der Waals surface area (Å²) in [4.78, 5) is 12.6. The Kier molecular flexibility index (Phi) is 6.27. The van der Waals surface area contributed by atoms with Crippen LogP contribution in [0.1, 0.15) is 36.5 Å². The Morgan fingerprint density at radius 3 is 2.54 bits per heavy atom. The molecule has 0 aliphatic carbocycles. The topological polar surface area (TPSA) is 75.7 Å². The van der Waals surface area contributed by atoms with Crippen molar-refractivity contribution in [2.24, 2.45) is 0 Å². The molecule has 2 aromatic rings. The molecule has 1 aliphatic heterocycles. The predicted octanol–water partition coefficient (Wildman–Crippen LogP) is 4.16. The van der Waals surface area contributed by atoms with E-state index in [0.717, 1.165) is 19.3 Å². The average molecular weight is 423 g/mol. The molecule has 1 saturated heterocycles. The zero-order valence-corrected chi connectivity index (χ0v) is 17.4. The quantitative estimate of drug-likeness (QED) is 0.784. The second-order valence-electron chi connectivity index (χ2n) is 6.79. The van der Waals surface area contributed by atoms with Crippen molar-refractivity contribution in [3.63, 3.8) is 0 Å². The van der Waals surface area contributed by atoms with Crippen LogP contribution in [-0.2, 0) is 10.0 Å². The lowest BCUT2D eigenvalue weighted by Crippen LogP contribution is -2.42. The molecule has 0 aromatic heterocycles. The van der Waals surface area contributed by atoms with Crippen molar-refractivity contribution >= 4 is 33.2 Å². The number of piperidine rings is 1. The monoisotopic (exact) mass is 422 g/mol. The normalized spacial score (nSPS) is 17.9. The van der Waals surface area contributed by atoms with Crippen molar-refractivity contribution in [1.29, 1.82) is 0 Å². The number of carbonyl (C=O) groups is 1. The van der Waals surface area contributed by atoms with E-state index in [9.17, 15) is 13.2 Å². The molecule has 0 spiro atoms. The van der Waals surface area contributed by atoms with E-state index in [1.54, 1.807) is 30.3 Å². The van der Waals surface area contributed by atoms with E-state index in [-0.39, 0.29) is 22.3 Å².